The topological polar surface area (TPSA) is 93.5 Å². The van der Waals surface area contributed by atoms with Crippen LogP contribution in [0, 0.1) is 0 Å². The summed E-state index contributed by atoms with van der Waals surface area (Å²) < 4.78 is 1.15. The molecule has 1 atom stereocenters. The number of thiophene rings is 2. The van der Waals surface area contributed by atoms with Crippen molar-refractivity contribution in [1.29, 1.82) is 0 Å². The molecule has 0 saturated carbocycles. The predicted octanol–water partition coefficient (Wildman–Crippen LogP) is 3.35. The number of nitrogens with one attached hydrogen (secondary N) is 1. The zero-order valence-corrected chi connectivity index (χ0v) is 14.6. The average molecular weight is 358 g/mol. The van der Waals surface area contributed by atoms with Gasteiger partial charge in [-0.2, -0.15) is 11.3 Å². The number of nitrogens with zero attached hydrogens (tertiary/aromatic N) is 1. The Morgan fingerprint density at radius 1 is 1.21 bits per heavy atom. The minimum Gasteiger partial charge on any atom is -0.370 e. The molecule has 1 amide bonds. The number of anilines is 1. The number of carbonyl (C=O) groups is 1. The SMILES string of the molecule is NC(N)=NCCC(C(=O)Nc1ccc2ccsc2c1)c1ccsc1. The van der Waals surface area contributed by atoms with Crippen molar-refractivity contribution in [2.24, 2.45) is 16.5 Å². The lowest BCUT2D eigenvalue weighted by Gasteiger charge is -2.15. The number of guanidine groups is 1. The van der Waals surface area contributed by atoms with Crippen molar-refractivity contribution in [2.45, 2.75) is 12.3 Å². The summed E-state index contributed by atoms with van der Waals surface area (Å²) in [6, 6.07) is 9.97. The standard InChI is InChI=1S/C17H18N4OS2/c18-17(19)20-6-3-14(12-4-7-23-10-12)16(22)21-13-2-1-11-5-8-24-15(11)9-13/h1-2,4-5,7-10,14H,3,6H2,(H,21,22)(H4,18,19,20). The molecule has 0 fully saturated rings. The lowest BCUT2D eigenvalue weighted by atomic mass is 9.97. The number of aliphatic imine (C=N–C) groups is 1. The fourth-order valence-electron chi connectivity index (χ4n) is 2.51. The van der Waals surface area contributed by atoms with E-state index in [4.69, 9.17) is 11.5 Å². The highest BCUT2D eigenvalue weighted by molar-refractivity contribution is 7.17. The van der Waals surface area contributed by atoms with E-state index in [1.54, 1.807) is 22.7 Å². The predicted molar refractivity (Wildman–Crippen MR) is 103 cm³/mol. The molecule has 5 nitrogen and oxygen atoms in total. The molecule has 7 heteroatoms. The van der Waals surface area contributed by atoms with Crippen molar-refractivity contribution in [1.82, 2.24) is 0 Å². The van der Waals surface area contributed by atoms with E-state index in [1.165, 1.54) is 5.39 Å². The van der Waals surface area contributed by atoms with Gasteiger partial charge in [-0.25, -0.2) is 0 Å². The number of carbonyl (C=O) groups excluding carboxylic acids is 1. The van der Waals surface area contributed by atoms with Crippen molar-refractivity contribution < 1.29 is 4.79 Å². The lowest BCUT2D eigenvalue weighted by Crippen LogP contribution is -2.25. The monoisotopic (exact) mass is 358 g/mol. The Balaban J connectivity index is 1.76. The molecule has 0 aliphatic rings. The molecule has 0 spiro atoms. The molecule has 0 aliphatic carbocycles. The van der Waals surface area contributed by atoms with Crippen molar-refractivity contribution in [3.63, 3.8) is 0 Å². The molecule has 2 aromatic heterocycles. The van der Waals surface area contributed by atoms with Crippen LogP contribution < -0.4 is 16.8 Å². The summed E-state index contributed by atoms with van der Waals surface area (Å²) in [5.41, 5.74) is 12.5. The summed E-state index contributed by atoms with van der Waals surface area (Å²) in [6.07, 6.45) is 0.557. The smallest absolute Gasteiger partial charge is 0.232 e. The Hall–Kier alpha value is -2.38. The molecule has 24 heavy (non-hydrogen) atoms. The van der Waals surface area contributed by atoms with Crippen LogP contribution in [0.2, 0.25) is 0 Å². The molecule has 1 aromatic carbocycles. The molecule has 0 aliphatic heterocycles. The van der Waals surface area contributed by atoms with E-state index in [0.717, 1.165) is 16.0 Å². The summed E-state index contributed by atoms with van der Waals surface area (Å²) in [6.45, 7) is 0.417. The largest absolute Gasteiger partial charge is 0.370 e. The molecule has 3 rings (SSSR count). The highest BCUT2D eigenvalue weighted by Crippen LogP contribution is 2.27. The van der Waals surface area contributed by atoms with Crippen LogP contribution in [0.1, 0.15) is 17.9 Å². The summed E-state index contributed by atoms with van der Waals surface area (Å²) in [4.78, 5) is 16.7. The van der Waals surface area contributed by atoms with Crippen molar-refractivity contribution in [3.8, 4) is 0 Å². The Morgan fingerprint density at radius 3 is 2.83 bits per heavy atom. The van der Waals surface area contributed by atoms with E-state index in [2.05, 4.69) is 16.4 Å². The zero-order valence-electron chi connectivity index (χ0n) is 12.9. The first-order chi connectivity index (χ1) is 11.6. The van der Waals surface area contributed by atoms with Crippen LogP contribution in [0.5, 0.6) is 0 Å². The number of nitrogens with two attached hydrogens (primary N) is 2. The van der Waals surface area contributed by atoms with E-state index in [1.807, 2.05) is 40.4 Å². The molecular formula is C17H18N4OS2. The van der Waals surface area contributed by atoms with Crippen LogP contribution in [0.15, 0.2) is 51.5 Å². The van der Waals surface area contributed by atoms with Crippen LogP contribution >= 0.6 is 22.7 Å². The molecule has 0 radical (unpaired) electrons. The minimum absolute atomic E-state index is 0.0441. The van der Waals surface area contributed by atoms with Crippen molar-refractivity contribution >= 4 is 50.3 Å². The fraction of sp³-hybridized carbons (Fsp3) is 0.176. The number of hydrogen-bond donors (Lipinski definition) is 3. The second-order valence-electron chi connectivity index (χ2n) is 5.37. The maximum atomic E-state index is 12.7. The first kappa shape index (κ1) is 16.5. The van der Waals surface area contributed by atoms with E-state index in [0.29, 0.717) is 13.0 Å². The summed E-state index contributed by atoms with van der Waals surface area (Å²) >= 11 is 3.23. The third kappa shape index (κ3) is 3.93. The van der Waals surface area contributed by atoms with Gasteiger partial charge in [-0.3, -0.25) is 9.79 Å². The van der Waals surface area contributed by atoms with Gasteiger partial charge >= 0.3 is 0 Å². The highest BCUT2D eigenvalue weighted by Gasteiger charge is 2.21. The Bertz CT molecular complexity index is 850. The molecular weight excluding hydrogens is 340 g/mol. The van der Waals surface area contributed by atoms with Crippen LogP contribution in [0.3, 0.4) is 0 Å². The lowest BCUT2D eigenvalue weighted by molar-refractivity contribution is -0.117. The van der Waals surface area contributed by atoms with E-state index >= 15 is 0 Å². The van der Waals surface area contributed by atoms with E-state index in [9.17, 15) is 4.79 Å². The normalized spacial score (nSPS) is 12.0. The number of rotatable bonds is 6. The number of hydrogen-bond acceptors (Lipinski definition) is 4. The Kier molecular flexibility index (Phi) is 5.12. The highest BCUT2D eigenvalue weighted by atomic mass is 32.1. The number of benzene rings is 1. The summed E-state index contributed by atoms with van der Waals surface area (Å²) in [7, 11) is 0. The Morgan fingerprint density at radius 2 is 2.08 bits per heavy atom. The fourth-order valence-corrected chi connectivity index (χ4v) is 4.05. The van der Waals surface area contributed by atoms with Crippen LogP contribution in [0.4, 0.5) is 5.69 Å². The Labute approximate surface area is 148 Å². The van der Waals surface area contributed by atoms with Gasteiger partial charge in [0.05, 0.1) is 5.92 Å². The molecule has 0 saturated heterocycles. The van der Waals surface area contributed by atoms with Crippen LogP contribution in [0.25, 0.3) is 10.1 Å². The van der Waals surface area contributed by atoms with Crippen LogP contribution in [-0.2, 0) is 4.79 Å². The third-order valence-electron chi connectivity index (χ3n) is 3.70. The van der Waals surface area contributed by atoms with Gasteiger partial charge in [0.1, 0.15) is 0 Å². The first-order valence-corrected chi connectivity index (χ1v) is 9.31. The minimum atomic E-state index is -0.279. The quantitative estimate of drug-likeness (QED) is 0.466. The van der Waals surface area contributed by atoms with Gasteiger partial charge in [-0.15, -0.1) is 11.3 Å². The second-order valence-corrected chi connectivity index (χ2v) is 7.09. The molecule has 5 N–H and O–H groups in total. The van der Waals surface area contributed by atoms with Crippen molar-refractivity contribution in [2.75, 3.05) is 11.9 Å². The van der Waals surface area contributed by atoms with Gasteiger partial charge in [0, 0.05) is 16.9 Å². The van der Waals surface area contributed by atoms with Gasteiger partial charge in [0.15, 0.2) is 5.96 Å². The molecule has 0 bridgehead atoms. The molecule has 3 aromatic rings. The molecule has 2 heterocycles. The van der Waals surface area contributed by atoms with E-state index < -0.39 is 0 Å². The second kappa shape index (κ2) is 7.46. The number of fused-ring (bicyclic) bond motifs is 1. The first-order valence-electron chi connectivity index (χ1n) is 7.49. The van der Waals surface area contributed by atoms with Crippen molar-refractivity contribution in [3.05, 3.63) is 52.0 Å². The van der Waals surface area contributed by atoms with Gasteiger partial charge in [0.2, 0.25) is 5.91 Å². The van der Waals surface area contributed by atoms with Gasteiger partial charge < -0.3 is 16.8 Å². The average Bonchev–Trinajstić information content (AvgIpc) is 3.22. The van der Waals surface area contributed by atoms with E-state index in [-0.39, 0.29) is 17.8 Å². The maximum Gasteiger partial charge on any atom is 0.232 e. The van der Waals surface area contributed by atoms with Gasteiger partial charge in [-0.1, -0.05) is 6.07 Å². The molecule has 1 unspecified atom stereocenters. The number of amides is 1. The summed E-state index contributed by atoms with van der Waals surface area (Å²) in [5.74, 6) is -0.281. The third-order valence-corrected chi connectivity index (χ3v) is 5.28. The molecule has 124 valence electrons. The van der Waals surface area contributed by atoms with Gasteiger partial charge in [0.25, 0.3) is 0 Å². The van der Waals surface area contributed by atoms with Crippen LogP contribution in [-0.4, -0.2) is 18.4 Å². The summed E-state index contributed by atoms with van der Waals surface area (Å²) in [5, 5.41) is 10.2. The zero-order chi connectivity index (χ0) is 16.9. The maximum absolute atomic E-state index is 12.7. The van der Waals surface area contributed by atoms with Gasteiger partial charge in [-0.05, 0) is 57.8 Å².